The molecule has 1 aliphatic heterocycles. The van der Waals surface area contributed by atoms with Gasteiger partial charge in [0, 0.05) is 38.3 Å². The lowest BCUT2D eigenvalue weighted by Gasteiger charge is -2.35. The van der Waals surface area contributed by atoms with Gasteiger partial charge in [-0.3, -0.25) is 4.90 Å². The summed E-state index contributed by atoms with van der Waals surface area (Å²) in [4.78, 5) is 5.30. The zero-order chi connectivity index (χ0) is 17.8. The van der Waals surface area contributed by atoms with Crippen LogP contribution in [0.15, 0.2) is 28.7 Å². The van der Waals surface area contributed by atoms with Gasteiger partial charge in [0.15, 0.2) is 0 Å². The van der Waals surface area contributed by atoms with Crippen molar-refractivity contribution < 1.29 is 9.15 Å². The molecule has 136 valence electrons. The Hall–Kier alpha value is -1.70. The molecular weight excluding hydrogens is 336 g/mol. The van der Waals surface area contributed by atoms with Gasteiger partial charge >= 0.3 is 0 Å². The van der Waals surface area contributed by atoms with Crippen LogP contribution in [0.25, 0.3) is 11.5 Å². The van der Waals surface area contributed by atoms with Crippen LogP contribution in [0.1, 0.15) is 13.8 Å². The highest BCUT2D eigenvalue weighted by Gasteiger charge is 2.19. The topological polar surface area (TPSA) is 46.7 Å². The predicted octanol–water partition coefficient (Wildman–Crippen LogP) is 3.11. The Labute approximate surface area is 154 Å². The van der Waals surface area contributed by atoms with Crippen LogP contribution in [0.4, 0.5) is 0 Å². The van der Waals surface area contributed by atoms with Gasteiger partial charge in [0.1, 0.15) is 5.75 Å². The molecule has 7 heteroatoms. The highest BCUT2D eigenvalue weighted by atomic mass is 32.1. The normalized spacial score (nSPS) is 16.5. The van der Waals surface area contributed by atoms with Crippen LogP contribution in [0.5, 0.6) is 5.75 Å². The number of hydrogen-bond donors (Lipinski definition) is 0. The van der Waals surface area contributed by atoms with Crippen LogP contribution in [-0.4, -0.2) is 59.4 Å². The molecule has 0 aliphatic carbocycles. The Morgan fingerprint density at radius 3 is 2.36 bits per heavy atom. The number of methoxy groups -OCH3 is 1. The summed E-state index contributed by atoms with van der Waals surface area (Å²) in [6.07, 6.45) is 0. The Balaban J connectivity index is 1.62. The van der Waals surface area contributed by atoms with Crippen LogP contribution in [0, 0.1) is 10.8 Å². The molecule has 1 saturated heterocycles. The van der Waals surface area contributed by atoms with Crippen LogP contribution >= 0.6 is 12.2 Å². The molecule has 6 nitrogen and oxygen atoms in total. The molecule has 1 aromatic heterocycles. The molecule has 2 heterocycles. The lowest BCUT2D eigenvalue weighted by atomic mass is 10.2. The van der Waals surface area contributed by atoms with E-state index >= 15 is 0 Å². The molecule has 2 aromatic rings. The van der Waals surface area contributed by atoms with Gasteiger partial charge in [0.25, 0.3) is 4.84 Å². The van der Waals surface area contributed by atoms with E-state index in [0.29, 0.717) is 23.3 Å². The van der Waals surface area contributed by atoms with E-state index in [1.54, 1.807) is 11.8 Å². The molecular formula is C18H26N4O2S. The van der Waals surface area contributed by atoms with Crippen molar-refractivity contribution >= 4 is 12.2 Å². The zero-order valence-corrected chi connectivity index (χ0v) is 16.0. The number of benzene rings is 1. The maximum absolute atomic E-state index is 5.68. The molecule has 1 aromatic carbocycles. The van der Waals surface area contributed by atoms with Gasteiger partial charge in [-0.15, -0.1) is 5.10 Å². The minimum atomic E-state index is 0.412. The number of aromatic nitrogens is 2. The molecule has 1 aliphatic rings. The van der Waals surface area contributed by atoms with Crippen molar-refractivity contribution in [2.45, 2.75) is 20.5 Å². The molecule has 1 fully saturated rings. The number of nitrogens with zero attached hydrogens (tertiary/aromatic N) is 4. The van der Waals surface area contributed by atoms with Crippen LogP contribution in [0.3, 0.4) is 0 Å². The largest absolute Gasteiger partial charge is 0.497 e. The smallest absolute Gasteiger partial charge is 0.288 e. The highest BCUT2D eigenvalue weighted by Crippen LogP contribution is 2.21. The van der Waals surface area contributed by atoms with Crippen molar-refractivity contribution in [3.8, 4) is 17.2 Å². The summed E-state index contributed by atoms with van der Waals surface area (Å²) in [5.41, 5.74) is 0.896. The SMILES string of the molecule is COc1ccc(-c2nn(CN3CCN(CC(C)C)CC3)c(=S)o2)cc1. The summed E-state index contributed by atoms with van der Waals surface area (Å²) in [6.45, 7) is 10.6. The van der Waals surface area contributed by atoms with Gasteiger partial charge in [0.05, 0.1) is 13.8 Å². The van der Waals surface area contributed by atoms with Crippen LogP contribution < -0.4 is 4.74 Å². The van der Waals surface area contributed by atoms with E-state index in [2.05, 4.69) is 28.7 Å². The molecule has 0 atom stereocenters. The fourth-order valence-electron chi connectivity index (χ4n) is 3.07. The lowest BCUT2D eigenvalue weighted by molar-refractivity contribution is 0.0944. The van der Waals surface area contributed by atoms with Crippen LogP contribution in [0.2, 0.25) is 0 Å². The third kappa shape index (κ3) is 4.68. The third-order valence-corrected chi connectivity index (χ3v) is 4.66. The number of rotatable bonds is 6. The molecule has 0 amide bonds. The summed E-state index contributed by atoms with van der Waals surface area (Å²) in [7, 11) is 1.65. The van der Waals surface area contributed by atoms with Gasteiger partial charge in [-0.05, 0) is 42.4 Å². The Morgan fingerprint density at radius 2 is 1.76 bits per heavy atom. The van der Waals surface area contributed by atoms with Gasteiger partial charge in [-0.2, -0.15) is 0 Å². The zero-order valence-electron chi connectivity index (χ0n) is 15.1. The standard InChI is InChI=1S/C18H26N4O2S/c1-14(2)12-20-8-10-21(11-9-20)13-22-18(25)24-17(19-22)15-4-6-16(23-3)7-5-15/h4-7,14H,8-13H2,1-3H3. The van der Waals surface area contributed by atoms with Gasteiger partial charge < -0.3 is 14.1 Å². The average Bonchev–Trinajstić information content (AvgIpc) is 2.97. The summed E-state index contributed by atoms with van der Waals surface area (Å²) in [5, 5.41) is 4.55. The Kier molecular flexibility index (Phi) is 5.88. The van der Waals surface area contributed by atoms with E-state index in [0.717, 1.165) is 37.5 Å². The Morgan fingerprint density at radius 1 is 1.12 bits per heavy atom. The second kappa shape index (κ2) is 8.12. The first-order chi connectivity index (χ1) is 12.0. The van der Waals surface area contributed by atoms with E-state index in [-0.39, 0.29) is 0 Å². The van der Waals surface area contributed by atoms with Gasteiger partial charge in [0.2, 0.25) is 5.89 Å². The summed E-state index contributed by atoms with van der Waals surface area (Å²) < 4.78 is 12.6. The molecule has 0 spiro atoms. The predicted molar refractivity (Wildman–Crippen MR) is 100 cm³/mol. The second-order valence-corrected chi connectivity index (χ2v) is 7.20. The Bertz CT molecular complexity index is 730. The first-order valence-corrected chi connectivity index (χ1v) is 9.13. The number of piperazine rings is 1. The van der Waals surface area contributed by atoms with Crippen molar-refractivity contribution in [2.75, 3.05) is 39.8 Å². The quantitative estimate of drug-likeness (QED) is 0.736. The molecule has 0 bridgehead atoms. The second-order valence-electron chi connectivity index (χ2n) is 6.86. The first-order valence-electron chi connectivity index (χ1n) is 8.72. The lowest BCUT2D eigenvalue weighted by Crippen LogP contribution is -2.47. The molecule has 0 N–H and O–H groups in total. The first kappa shape index (κ1) is 18.1. The summed E-state index contributed by atoms with van der Waals surface area (Å²) in [6, 6.07) is 7.63. The molecule has 3 rings (SSSR count). The fraction of sp³-hybridized carbons (Fsp3) is 0.556. The summed E-state index contributed by atoms with van der Waals surface area (Å²) >= 11 is 5.34. The van der Waals surface area contributed by atoms with E-state index < -0.39 is 0 Å². The van der Waals surface area contributed by atoms with Crippen molar-refractivity contribution in [3.05, 3.63) is 29.1 Å². The summed E-state index contributed by atoms with van der Waals surface area (Å²) in [5.74, 6) is 2.06. The van der Waals surface area contributed by atoms with E-state index in [1.807, 2.05) is 24.3 Å². The minimum absolute atomic E-state index is 0.412. The van der Waals surface area contributed by atoms with E-state index in [9.17, 15) is 0 Å². The van der Waals surface area contributed by atoms with Crippen LogP contribution in [-0.2, 0) is 6.67 Å². The maximum Gasteiger partial charge on any atom is 0.288 e. The monoisotopic (exact) mass is 362 g/mol. The molecule has 0 radical (unpaired) electrons. The van der Waals surface area contributed by atoms with E-state index in [4.69, 9.17) is 21.4 Å². The van der Waals surface area contributed by atoms with Crippen molar-refractivity contribution in [1.29, 1.82) is 0 Å². The molecule has 25 heavy (non-hydrogen) atoms. The van der Waals surface area contributed by atoms with Crippen molar-refractivity contribution in [2.24, 2.45) is 5.92 Å². The van der Waals surface area contributed by atoms with Gasteiger partial charge in [-0.25, -0.2) is 4.68 Å². The molecule has 0 unspecified atom stereocenters. The molecule has 0 saturated carbocycles. The van der Waals surface area contributed by atoms with Crippen molar-refractivity contribution in [3.63, 3.8) is 0 Å². The van der Waals surface area contributed by atoms with Crippen molar-refractivity contribution in [1.82, 2.24) is 19.6 Å². The highest BCUT2D eigenvalue weighted by molar-refractivity contribution is 7.71. The number of hydrogen-bond acceptors (Lipinski definition) is 6. The maximum atomic E-state index is 5.68. The average molecular weight is 362 g/mol. The number of ether oxygens (including phenoxy) is 1. The van der Waals surface area contributed by atoms with E-state index in [1.165, 1.54) is 6.54 Å². The fourth-order valence-corrected chi connectivity index (χ4v) is 3.24. The third-order valence-electron chi connectivity index (χ3n) is 4.37. The minimum Gasteiger partial charge on any atom is -0.497 e. The van der Waals surface area contributed by atoms with Gasteiger partial charge in [-0.1, -0.05) is 13.8 Å².